The number of hydrogen-bond acceptors (Lipinski definition) is 4. The van der Waals surface area contributed by atoms with Crippen LogP contribution in [0.4, 0.5) is 4.39 Å². The fourth-order valence-corrected chi connectivity index (χ4v) is 4.53. The molecule has 0 fully saturated rings. The lowest BCUT2D eigenvalue weighted by Crippen LogP contribution is -2.54. The summed E-state index contributed by atoms with van der Waals surface area (Å²) in [4.78, 5) is 0. The van der Waals surface area contributed by atoms with Crippen LogP contribution in [0.5, 0.6) is 0 Å². The minimum atomic E-state index is -3.71. The molecule has 9 heteroatoms. The molecule has 0 spiro atoms. The van der Waals surface area contributed by atoms with Crippen molar-refractivity contribution in [1.29, 1.82) is 0 Å². The Hall–Kier alpha value is -2.07. The summed E-state index contributed by atoms with van der Waals surface area (Å²) in [5.74, 6) is -0.958. The third kappa shape index (κ3) is 7.04. The maximum atomic E-state index is 14.6. The van der Waals surface area contributed by atoms with Gasteiger partial charge in [-0.05, 0) is 43.7 Å². The first-order valence-electron chi connectivity index (χ1n) is 9.13. The second-order valence-electron chi connectivity index (χ2n) is 6.66. The highest BCUT2D eigenvalue weighted by molar-refractivity contribution is 7.89. The molecule has 1 atom stereocenters. The Labute approximate surface area is 176 Å². The van der Waals surface area contributed by atoms with Crippen LogP contribution in [0.3, 0.4) is 0 Å². The number of thiocarbonyl (C=S) groups is 1. The lowest BCUT2D eigenvalue weighted by atomic mass is 9.86. The molecule has 2 rings (SSSR count). The monoisotopic (exact) mass is 439 g/mol. The van der Waals surface area contributed by atoms with E-state index in [1.54, 1.807) is 12.1 Å². The molecule has 2 aromatic rings. The number of nitrogens with one attached hydrogen (secondary N) is 2. The van der Waals surface area contributed by atoms with Gasteiger partial charge in [-0.15, -0.1) is 0 Å². The molecule has 4 N–H and O–H groups in total. The molecule has 0 aliphatic carbocycles. The molecular weight excluding hydrogens is 413 g/mol. The number of sulfonamides is 1. The molecule has 0 aliphatic heterocycles. The largest absolute Gasteiger partial charge is 0.377 e. The van der Waals surface area contributed by atoms with Crippen LogP contribution in [-0.2, 0) is 26.9 Å². The Bertz CT molecular complexity index is 910. The summed E-state index contributed by atoms with van der Waals surface area (Å²) in [6.07, 6.45) is 0.719. The van der Waals surface area contributed by atoms with Gasteiger partial charge in [0.1, 0.15) is 5.82 Å². The number of hydrogen-bond donors (Lipinski definition) is 3. The molecule has 0 aromatic heterocycles. The first-order valence-corrected chi connectivity index (χ1v) is 11.2. The number of nitrogens with two attached hydrogens (primary N) is 1. The van der Waals surface area contributed by atoms with E-state index in [4.69, 9.17) is 22.7 Å². The van der Waals surface area contributed by atoms with Gasteiger partial charge >= 0.3 is 0 Å². The van der Waals surface area contributed by atoms with E-state index in [1.165, 1.54) is 19.2 Å². The zero-order chi connectivity index (χ0) is 21.3. The Morgan fingerprint density at radius 3 is 2.45 bits per heavy atom. The van der Waals surface area contributed by atoms with Crippen molar-refractivity contribution in [2.45, 2.75) is 25.0 Å². The lowest BCUT2D eigenvalue weighted by Gasteiger charge is -2.35. The average Bonchev–Trinajstić information content (AvgIpc) is 2.68. The van der Waals surface area contributed by atoms with Crippen LogP contribution in [0, 0.1) is 5.82 Å². The van der Waals surface area contributed by atoms with E-state index < -0.39 is 27.1 Å². The number of benzene rings is 2. The maximum absolute atomic E-state index is 14.6. The molecule has 0 heterocycles. The zero-order valence-corrected chi connectivity index (χ0v) is 17.9. The van der Waals surface area contributed by atoms with Crippen molar-refractivity contribution in [1.82, 2.24) is 10.0 Å². The van der Waals surface area contributed by atoms with Crippen molar-refractivity contribution in [3.05, 3.63) is 71.5 Å². The van der Waals surface area contributed by atoms with E-state index in [1.807, 2.05) is 30.3 Å². The van der Waals surface area contributed by atoms with Gasteiger partial charge in [0.15, 0.2) is 5.11 Å². The van der Waals surface area contributed by atoms with Gasteiger partial charge in [0.2, 0.25) is 10.0 Å². The molecule has 0 saturated carbocycles. The number of ether oxygens (including phenoxy) is 1. The Morgan fingerprint density at radius 2 is 1.83 bits per heavy atom. The first kappa shape index (κ1) is 23.2. The molecule has 1 unspecified atom stereocenters. The smallest absolute Gasteiger partial charge is 0.214 e. The summed E-state index contributed by atoms with van der Waals surface area (Å²) < 4.78 is 47.3. The second kappa shape index (κ2) is 10.6. The van der Waals surface area contributed by atoms with Gasteiger partial charge in [-0.3, -0.25) is 0 Å². The molecule has 2 aromatic carbocycles. The highest BCUT2D eigenvalue weighted by Gasteiger charge is 2.39. The molecule has 0 radical (unpaired) electrons. The van der Waals surface area contributed by atoms with Gasteiger partial charge in [0.25, 0.3) is 0 Å². The number of rotatable bonds is 11. The summed E-state index contributed by atoms with van der Waals surface area (Å²) in [6.45, 7) is 0.800. The highest BCUT2D eigenvalue weighted by Crippen LogP contribution is 2.30. The third-order valence-electron chi connectivity index (χ3n) is 4.50. The van der Waals surface area contributed by atoms with Crippen molar-refractivity contribution in [3.63, 3.8) is 0 Å². The Kier molecular flexibility index (Phi) is 8.51. The standard InChI is InChI=1S/C20H26FN3O3S2/c1-23-29(25,26)15-20(24-19(22)28,17-10-5-6-11-18(17)21)12-7-13-27-14-16-8-3-2-4-9-16/h2-6,8-11,23H,7,12-15H2,1H3,(H3,22,24,28). The van der Waals surface area contributed by atoms with Crippen LogP contribution in [0.25, 0.3) is 0 Å². The molecule has 6 nitrogen and oxygen atoms in total. The summed E-state index contributed by atoms with van der Waals surface area (Å²) in [5.41, 5.74) is 5.58. The highest BCUT2D eigenvalue weighted by atomic mass is 32.2. The predicted molar refractivity (Wildman–Crippen MR) is 116 cm³/mol. The van der Waals surface area contributed by atoms with Crippen molar-refractivity contribution in [2.75, 3.05) is 19.4 Å². The molecule has 0 aliphatic rings. The third-order valence-corrected chi connectivity index (χ3v) is 6.10. The summed E-state index contributed by atoms with van der Waals surface area (Å²) >= 11 is 4.98. The van der Waals surface area contributed by atoms with E-state index in [2.05, 4.69) is 10.0 Å². The first-order chi connectivity index (χ1) is 13.8. The average molecular weight is 440 g/mol. The van der Waals surface area contributed by atoms with E-state index in [0.29, 0.717) is 19.6 Å². The van der Waals surface area contributed by atoms with Crippen molar-refractivity contribution < 1.29 is 17.5 Å². The van der Waals surface area contributed by atoms with Gasteiger partial charge < -0.3 is 15.8 Å². The molecule has 0 amide bonds. The van der Waals surface area contributed by atoms with Gasteiger partial charge in [0.05, 0.1) is 17.9 Å². The molecule has 158 valence electrons. The van der Waals surface area contributed by atoms with E-state index in [9.17, 15) is 12.8 Å². The summed E-state index contributed by atoms with van der Waals surface area (Å²) in [6, 6.07) is 15.7. The fraction of sp³-hybridized carbons (Fsp3) is 0.350. The van der Waals surface area contributed by atoms with Crippen molar-refractivity contribution in [2.24, 2.45) is 5.73 Å². The Morgan fingerprint density at radius 1 is 1.17 bits per heavy atom. The van der Waals surface area contributed by atoms with Gasteiger partial charge in [-0.2, -0.15) is 0 Å². The number of halogens is 1. The van der Waals surface area contributed by atoms with Crippen molar-refractivity contribution in [3.8, 4) is 0 Å². The molecule has 0 bridgehead atoms. The topological polar surface area (TPSA) is 93.5 Å². The van der Waals surface area contributed by atoms with Gasteiger partial charge in [0, 0.05) is 12.2 Å². The second-order valence-corrected chi connectivity index (χ2v) is 9.02. The summed E-state index contributed by atoms with van der Waals surface area (Å²) in [5, 5.41) is 2.74. The summed E-state index contributed by atoms with van der Waals surface area (Å²) in [7, 11) is -2.40. The molecule has 0 saturated heterocycles. The fourth-order valence-electron chi connectivity index (χ4n) is 3.17. The predicted octanol–water partition coefficient (Wildman–Crippen LogP) is 2.40. The SMILES string of the molecule is CNS(=O)(=O)CC(CCCOCc1ccccc1)(NC(N)=S)c1ccccc1F. The quantitative estimate of drug-likeness (QED) is 0.368. The normalized spacial score (nSPS) is 13.6. The van der Waals surface area contributed by atoms with Crippen LogP contribution in [0.2, 0.25) is 0 Å². The van der Waals surface area contributed by atoms with Crippen LogP contribution >= 0.6 is 12.2 Å². The molecular formula is C20H26FN3O3S2. The zero-order valence-electron chi connectivity index (χ0n) is 16.2. The van der Waals surface area contributed by atoms with Gasteiger partial charge in [-0.25, -0.2) is 17.5 Å². The van der Waals surface area contributed by atoms with E-state index in [-0.39, 0.29) is 17.1 Å². The van der Waals surface area contributed by atoms with E-state index >= 15 is 0 Å². The van der Waals surface area contributed by atoms with Crippen LogP contribution in [0.15, 0.2) is 54.6 Å². The van der Waals surface area contributed by atoms with Crippen LogP contribution in [0.1, 0.15) is 24.0 Å². The van der Waals surface area contributed by atoms with Crippen molar-refractivity contribution >= 4 is 27.4 Å². The Balaban J connectivity index is 2.20. The van der Waals surface area contributed by atoms with Crippen LogP contribution < -0.4 is 15.8 Å². The maximum Gasteiger partial charge on any atom is 0.214 e. The minimum absolute atomic E-state index is 0.107. The minimum Gasteiger partial charge on any atom is -0.377 e. The van der Waals surface area contributed by atoms with Crippen LogP contribution in [-0.4, -0.2) is 32.9 Å². The lowest BCUT2D eigenvalue weighted by molar-refractivity contribution is 0.111. The van der Waals surface area contributed by atoms with E-state index in [0.717, 1.165) is 5.56 Å². The van der Waals surface area contributed by atoms with Gasteiger partial charge in [-0.1, -0.05) is 48.5 Å². The molecule has 29 heavy (non-hydrogen) atoms.